The Kier molecular flexibility index (Phi) is 3.88. The monoisotopic (exact) mass is 283 g/mol. The van der Waals surface area contributed by atoms with E-state index in [0.717, 1.165) is 48.8 Å². The summed E-state index contributed by atoms with van der Waals surface area (Å²) in [4.78, 5) is 16.5. The minimum atomic E-state index is -0.384. The molecule has 1 aromatic carbocycles. The molecule has 0 unspecified atom stereocenters. The van der Waals surface area contributed by atoms with E-state index < -0.39 is 0 Å². The van der Waals surface area contributed by atoms with Gasteiger partial charge in [0.05, 0.1) is 11.1 Å². The normalized spacial score (nSPS) is 22.3. The first-order chi connectivity index (χ1) is 10.2. The van der Waals surface area contributed by atoms with Crippen LogP contribution in [0.1, 0.15) is 47.7 Å². The number of aromatic nitrogens is 1. The summed E-state index contributed by atoms with van der Waals surface area (Å²) in [5, 5.41) is 0.837. The highest BCUT2D eigenvalue weighted by molar-refractivity contribution is 6.05. The third-order valence-electron chi connectivity index (χ3n) is 4.60. The van der Waals surface area contributed by atoms with E-state index in [1.54, 1.807) is 0 Å². The topological polar surface area (TPSA) is 82.0 Å². The molecule has 0 bridgehead atoms. The molecule has 4 heteroatoms. The lowest BCUT2D eigenvalue weighted by atomic mass is 9.80. The molecule has 0 atom stereocenters. The smallest absolute Gasteiger partial charge is 0.249 e. The first kappa shape index (κ1) is 14.0. The van der Waals surface area contributed by atoms with Crippen LogP contribution >= 0.6 is 0 Å². The van der Waals surface area contributed by atoms with E-state index in [1.807, 2.05) is 30.3 Å². The summed E-state index contributed by atoms with van der Waals surface area (Å²) in [6.07, 6.45) is 4.46. The highest BCUT2D eigenvalue weighted by Crippen LogP contribution is 2.35. The van der Waals surface area contributed by atoms with Crippen molar-refractivity contribution in [3.8, 4) is 0 Å². The van der Waals surface area contributed by atoms with Gasteiger partial charge in [0.25, 0.3) is 0 Å². The number of amides is 1. The number of benzene rings is 1. The molecule has 0 radical (unpaired) electrons. The molecular formula is C17H21N3O. The molecule has 4 nitrogen and oxygen atoms in total. The van der Waals surface area contributed by atoms with Crippen LogP contribution in [-0.4, -0.2) is 17.4 Å². The zero-order chi connectivity index (χ0) is 14.8. The van der Waals surface area contributed by atoms with Crippen molar-refractivity contribution in [2.75, 3.05) is 6.54 Å². The largest absolute Gasteiger partial charge is 0.366 e. The molecule has 1 saturated carbocycles. The van der Waals surface area contributed by atoms with Gasteiger partial charge in [-0.3, -0.25) is 9.78 Å². The third kappa shape index (κ3) is 2.76. The number of hydrogen-bond acceptors (Lipinski definition) is 3. The van der Waals surface area contributed by atoms with Crippen molar-refractivity contribution in [3.63, 3.8) is 0 Å². The van der Waals surface area contributed by atoms with E-state index >= 15 is 0 Å². The van der Waals surface area contributed by atoms with Crippen LogP contribution in [-0.2, 0) is 0 Å². The van der Waals surface area contributed by atoms with Crippen molar-refractivity contribution in [3.05, 3.63) is 41.6 Å². The predicted octanol–water partition coefficient (Wildman–Crippen LogP) is 2.57. The van der Waals surface area contributed by atoms with Gasteiger partial charge >= 0.3 is 0 Å². The minimum Gasteiger partial charge on any atom is -0.366 e. The summed E-state index contributed by atoms with van der Waals surface area (Å²) in [6.45, 7) is 0.768. The summed E-state index contributed by atoms with van der Waals surface area (Å²) in [5.41, 5.74) is 13.7. The quantitative estimate of drug-likeness (QED) is 0.908. The molecule has 1 aliphatic carbocycles. The third-order valence-corrected chi connectivity index (χ3v) is 4.60. The zero-order valence-electron chi connectivity index (χ0n) is 12.1. The second-order valence-corrected chi connectivity index (χ2v) is 5.93. The lowest BCUT2D eigenvalue weighted by Crippen LogP contribution is -2.21. The maximum absolute atomic E-state index is 11.7. The van der Waals surface area contributed by atoms with Gasteiger partial charge in [0.15, 0.2) is 0 Å². The van der Waals surface area contributed by atoms with E-state index in [4.69, 9.17) is 16.5 Å². The molecule has 0 aliphatic heterocycles. The second kappa shape index (κ2) is 5.82. The number of pyridine rings is 1. The Morgan fingerprint density at radius 3 is 2.57 bits per heavy atom. The maximum atomic E-state index is 11.7. The Morgan fingerprint density at radius 2 is 1.90 bits per heavy atom. The summed E-state index contributed by atoms with van der Waals surface area (Å²) < 4.78 is 0. The molecule has 1 aliphatic rings. The molecule has 1 amide bonds. The Morgan fingerprint density at radius 1 is 1.19 bits per heavy atom. The van der Waals surface area contributed by atoms with Gasteiger partial charge in [0, 0.05) is 17.0 Å². The fraction of sp³-hybridized carbons (Fsp3) is 0.412. The van der Waals surface area contributed by atoms with Crippen LogP contribution in [0.25, 0.3) is 10.9 Å². The highest BCUT2D eigenvalue weighted by Gasteiger charge is 2.23. The molecule has 0 saturated heterocycles. The summed E-state index contributed by atoms with van der Waals surface area (Å²) in [6, 6.07) is 9.57. The van der Waals surface area contributed by atoms with Crippen LogP contribution in [0.3, 0.4) is 0 Å². The van der Waals surface area contributed by atoms with Crippen molar-refractivity contribution < 1.29 is 4.79 Å². The van der Waals surface area contributed by atoms with Gasteiger partial charge < -0.3 is 11.5 Å². The van der Waals surface area contributed by atoms with Crippen molar-refractivity contribution in [1.82, 2.24) is 4.98 Å². The van der Waals surface area contributed by atoms with Gasteiger partial charge in [-0.05, 0) is 50.3 Å². The summed E-state index contributed by atoms with van der Waals surface area (Å²) in [5.74, 6) is 0.665. The molecule has 1 fully saturated rings. The van der Waals surface area contributed by atoms with Crippen LogP contribution < -0.4 is 11.5 Å². The van der Waals surface area contributed by atoms with E-state index in [9.17, 15) is 4.79 Å². The Labute approximate surface area is 124 Å². The van der Waals surface area contributed by atoms with Crippen molar-refractivity contribution in [2.24, 2.45) is 17.4 Å². The first-order valence-electron chi connectivity index (χ1n) is 7.58. The average Bonchev–Trinajstić information content (AvgIpc) is 2.53. The number of para-hydroxylation sites is 1. The fourth-order valence-corrected chi connectivity index (χ4v) is 3.30. The van der Waals surface area contributed by atoms with Gasteiger partial charge in [0.2, 0.25) is 5.91 Å². The van der Waals surface area contributed by atoms with E-state index in [1.165, 1.54) is 0 Å². The number of hydrogen-bond donors (Lipinski definition) is 2. The highest BCUT2D eigenvalue weighted by atomic mass is 16.1. The van der Waals surface area contributed by atoms with Crippen LogP contribution in [0.2, 0.25) is 0 Å². The second-order valence-electron chi connectivity index (χ2n) is 5.93. The molecule has 0 spiro atoms. The summed E-state index contributed by atoms with van der Waals surface area (Å²) in [7, 11) is 0. The standard InChI is InChI=1S/C17H21N3O/c18-10-11-5-7-12(8-6-11)16-9-14(17(19)21)13-3-1-2-4-15(13)20-16/h1-4,9,11-12H,5-8,10,18H2,(H2,19,21). The van der Waals surface area contributed by atoms with Crippen molar-refractivity contribution in [1.29, 1.82) is 0 Å². The molecule has 21 heavy (non-hydrogen) atoms. The van der Waals surface area contributed by atoms with E-state index in [2.05, 4.69) is 0 Å². The molecule has 2 aromatic rings. The molecule has 1 heterocycles. The van der Waals surface area contributed by atoms with Crippen LogP contribution in [0.15, 0.2) is 30.3 Å². The Hall–Kier alpha value is -1.94. The molecule has 1 aromatic heterocycles. The fourth-order valence-electron chi connectivity index (χ4n) is 3.30. The number of fused-ring (bicyclic) bond motifs is 1. The number of nitrogens with zero attached hydrogens (tertiary/aromatic N) is 1. The van der Waals surface area contributed by atoms with Gasteiger partial charge in [-0.1, -0.05) is 18.2 Å². The van der Waals surface area contributed by atoms with E-state index in [-0.39, 0.29) is 5.91 Å². The predicted molar refractivity (Wildman–Crippen MR) is 84.0 cm³/mol. The SMILES string of the molecule is NCC1CCC(c2cc(C(N)=O)c3ccccc3n2)CC1. The van der Waals surface area contributed by atoms with E-state index in [0.29, 0.717) is 17.4 Å². The van der Waals surface area contributed by atoms with Gasteiger partial charge in [-0.2, -0.15) is 0 Å². The molecule has 110 valence electrons. The number of rotatable bonds is 3. The average molecular weight is 283 g/mol. The number of carbonyl (C=O) groups excluding carboxylic acids is 1. The first-order valence-corrected chi connectivity index (χ1v) is 7.58. The Bertz CT molecular complexity index is 660. The summed E-state index contributed by atoms with van der Waals surface area (Å²) >= 11 is 0. The van der Waals surface area contributed by atoms with Gasteiger partial charge in [0.1, 0.15) is 0 Å². The van der Waals surface area contributed by atoms with Gasteiger partial charge in [-0.25, -0.2) is 0 Å². The number of carbonyl (C=O) groups is 1. The van der Waals surface area contributed by atoms with Crippen LogP contribution in [0.4, 0.5) is 0 Å². The minimum absolute atomic E-state index is 0.384. The number of primary amides is 1. The van der Waals surface area contributed by atoms with Crippen molar-refractivity contribution >= 4 is 16.8 Å². The molecule has 3 rings (SSSR count). The van der Waals surface area contributed by atoms with Crippen LogP contribution in [0, 0.1) is 5.92 Å². The molecule has 4 N–H and O–H groups in total. The molecular weight excluding hydrogens is 262 g/mol. The zero-order valence-corrected chi connectivity index (χ0v) is 12.1. The van der Waals surface area contributed by atoms with Gasteiger partial charge in [-0.15, -0.1) is 0 Å². The Balaban J connectivity index is 1.98. The van der Waals surface area contributed by atoms with Crippen LogP contribution in [0.5, 0.6) is 0 Å². The lowest BCUT2D eigenvalue weighted by Gasteiger charge is -2.27. The number of nitrogens with two attached hydrogens (primary N) is 2. The maximum Gasteiger partial charge on any atom is 0.249 e. The lowest BCUT2D eigenvalue weighted by molar-refractivity contribution is 0.100. The van der Waals surface area contributed by atoms with Crippen molar-refractivity contribution in [2.45, 2.75) is 31.6 Å².